The van der Waals surface area contributed by atoms with Gasteiger partial charge in [-0.2, -0.15) is 5.10 Å². The maximum absolute atomic E-state index is 12.7. The number of nitrogens with zero attached hydrogens (tertiary/aromatic N) is 2. The Balaban J connectivity index is 1.43. The van der Waals surface area contributed by atoms with E-state index in [-0.39, 0.29) is 17.7 Å². The molecule has 4 atom stereocenters. The molecule has 6 heteroatoms. The molecule has 136 valence electrons. The van der Waals surface area contributed by atoms with Crippen LogP contribution in [0.4, 0.5) is 5.82 Å². The number of amides is 1. The van der Waals surface area contributed by atoms with Crippen molar-refractivity contribution in [2.75, 3.05) is 5.32 Å². The van der Waals surface area contributed by atoms with Crippen LogP contribution in [0.3, 0.4) is 0 Å². The van der Waals surface area contributed by atoms with Crippen molar-refractivity contribution in [1.29, 1.82) is 0 Å². The number of hydrogen-bond acceptors (Lipinski definition) is 3. The van der Waals surface area contributed by atoms with E-state index in [0.717, 1.165) is 24.8 Å². The number of rotatable bonds is 5. The van der Waals surface area contributed by atoms with Gasteiger partial charge in [-0.05, 0) is 43.6 Å². The van der Waals surface area contributed by atoms with Crippen molar-refractivity contribution >= 4 is 17.7 Å². The van der Waals surface area contributed by atoms with Crippen LogP contribution < -0.4 is 5.32 Å². The van der Waals surface area contributed by atoms with Crippen molar-refractivity contribution < 1.29 is 14.7 Å². The van der Waals surface area contributed by atoms with Crippen molar-refractivity contribution in [2.45, 2.75) is 32.7 Å². The molecule has 1 heterocycles. The third-order valence-corrected chi connectivity index (χ3v) is 5.86. The number of benzene rings is 1. The lowest BCUT2D eigenvalue weighted by Crippen LogP contribution is -2.37. The highest BCUT2D eigenvalue weighted by molar-refractivity contribution is 5.95. The molecule has 2 aromatic rings. The van der Waals surface area contributed by atoms with E-state index in [1.807, 2.05) is 13.1 Å². The summed E-state index contributed by atoms with van der Waals surface area (Å²) in [6, 6.07) is 9.99. The fourth-order valence-electron chi connectivity index (χ4n) is 4.63. The van der Waals surface area contributed by atoms with E-state index in [4.69, 9.17) is 0 Å². The Bertz CT molecular complexity index is 827. The molecule has 0 aliphatic heterocycles. The number of carbonyl (C=O) groups excluding carboxylic acids is 1. The maximum Gasteiger partial charge on any atom is 0.307 e. The first-order valence-corrected chi connectivity index (χ1v) is 9.14. The van der Waals surface area contributed by atoms with Crippen LogP contribution in [0, 0.1) is 30.6 Å². The fraction of sp³-hybridized carbons (Fsp3) is 0.450. The molecule has 1 aromatic heterocycles. The maximum atomic E-state index is 12.7. The smallest absolute Gasteiger partial charge is 0.307 e. The Morgan fingerprint density at radius 3 is 2.54 bits per heavy atom. The van der Waals surface area contributed by atoms with Gasteiger partial charge >= 0.3 is 5.97 Å². The minimum atomic E-state index is -0.845. The van der Waals surface area contributed by atoms with Crippen molar-refractivity contribution in [3.05, 3.63) is 47.7 Å². The van der Waals surface area contributed by atoms with Crippen LogP contribution in [-0.4, -0.2) is 26.8 Å². The number of aliphatic carboxylic acids is 1. The summed E-state index contributed by atoms with van der Waals surface area (Å²) in [5.74, 6) is -1.22. The molecule has 26 heavy (non-hydrogen) atoms. The second kappa shape index (κ2) is 6.59. The molecule has 0 unspecified atom stereocenters. The summed E-state index contributed by atoms with van der Waals surface area (Å²) in [7, 11) is 0. The third-order valence-electron chi connectivity index (χ3n) is 5.86. The predicted molar refractivity (Wildman–Crippen MR) is 96.6 cm³/mol. The van der Waals surface area contributed by atoms with E-state index in [9.17, 15) is 14.7 Å². The van der Waals surface area contributed by atoms with Crippen LogP contribution in [0.2, 0.25) is 0 Å². The first-order chi connectivity index (χ1) is 12.5. The Kier molecular flexibility index (Phi) is 4.26. The summed E-state index contributed by atoms with van der Waals surface area (Å²) in [4.78, 5) is 24.3. The second-order valence-corrected chi connectivity index (χ2v) is 7.60. The van der Waals surface area contributed by atoms with Crippen LogP contribution in [0.15, 0.2) is 36.5 Å². The zero-order chi connectivity index (χ0) is 18.3. The van der Waals surface area contributed by atoms with E-state index in [0.29, 0.717) is 12.4 Å². The average molecular weight is 353 g/mol. The highest BCUT2D eigenvalue weighted by atomic mass is 16.4. The van der Waals surface area contributed by atoms with Gasteiger partial charge in [0, 0.05) is 12.3 Å². The number of carboxylic acids is 1. The van der Waals surface area contributed by atoms with Gasteiger partial charge in [-0.3, -0.25) is 14.3 Å². The second-order valence-electron chi connectivity index (χ2n) is 7.60. The largest absolute Gasteiger partial charge is 0.481 e. The van der Waals surface area contributed by atoms with Gasteiger partial charge in [0.15, 0.2) is 5.82 Å². The summed E-state index contributed by atoms with van der Waals surface area (Å²) >= 11 is 0. The molecule has 2 N–H and O–H groups in total. The molecule has 4 rings (SSSR count). The van der Waals surface area contributed by atoms with Gasteiger partial charge in [0.25, 0.3) is 0 Å². The third kappa shape index (κ3) is 3.11. The van der Waals surface area contributed by atoms with E-state index >= 15 is 0 Å². The van der Waals surface area contributed by atoms with Gasteiger partial charge in [-0.25, -0.2) is 0 Å². The molecule has 0 radical (unpaired) electrons. The summed E-state index contributed by atoms with van der Waals surface area (Å²) in [6.07, 6.45) is 4.56. The number of nitrogens with one attached hydrogen (secondary N) is 1. The van der Waals surface area contributed by atoms with Crippen molar-refractivity contribution in [1.82, 2.24) is 9.78 Å². The predicted octanol–water partition coefficient (Wildman–Crippen LogP) is 2.93. The topological polar surface area (TPSA) is 84.2 Å². The quantitative estimate of drug-likeness (QED) is 0.866. The van der Waals surface area contributed by atoms with Gasteiger partial charge in [-0.15, -0.1) is 0 Å². The Hall–Kier alpha value is -2.63. The lowest BCUT2D eigenvalue weighted by atomic mass is 9.79. The molecule has 1 aromatic carbocycles. The number of hydrogen-bond donors (Lipinski definition) is 2. The number of fused-ring (bicyclic) bond motifs is 2. The monoisotopic (exact) mass is 353 g/mol. The van der Waals surface area contributed by atoms with Gasteiger partial charge in [0.05, 0.1) is 18.4 Å². The van der Waals surface area contributed by atoms with Gasteiger partial charge in [0.1, 0.15) is 0 Å². The zero-order valence-electron chi connectivity index (χ0n) is 14.8. The van der Waals surface area contributed by atoms with Crippen LogP contribution in [0.25, 0.3) is 0 Å². The molecule has 2 aliphatic carbocycles. The number of aromatic nitrogens is 2. The first-order valence-electron chi connectivity index (χ1n) is 9.14. The lowest BCUT2D eigenvalue weighted by molar-refractivity contribution is -0.148. The number of anilines is 1. The van der Waals surface area contributed by atoms with Crippen LogP contribution in [-0.2, 0) is 16.1 Å². The molecule has 2 fully saturated rings. The van der Waals surface area contributed by atoms with Gasteiger partial charge in [0.2, 0.25) is 5.91 Å². The Morgan fingerprint density at radius 2 is 1.85 bits per heavy atom. The van der Waals surface area contributed by atoms with Crippen molar-refractivity contribution in [2.24, 2.45) is 23.7 Å². The zero-order valence-corrected chi connectivity index (χ0v) is 14.8. The molecule has 6 nitrogen and oxygen atoms in total. The highest BCUT2D eigenvalue weighted by Crippen LogP contribution is 2.52. The van der Waals surface area contributed by atoms with Gasteiger partial charge < -0.3 is 10.4 Å². The van der Waals surface area contributed by atoms with Crippen molar-refractivity contribution in [3.63, 3.8) is 0 Å². The molecule has 2 aliphatic rings. The molecule has 0 saturated heterocycles. The molecular weight excluding hydrogens is 330 g/mol. The van der Waals surface area contributed by atoms with Crippen LogP contribution >= 0.6 is 0 Å². The SMILES string of the molecule is Cc1ccc(Cn2ccc(NC(=O)[C@@H]3[C@@H]4CC[C@@H](C4)[C@@H]3C(=O)O)n2)cc1. The Labute approximate surface area is 152 Å². The summed E-state index contributed by atoms with van der Waals surface area (Å²) in [5, 5.41) is 16.8. The van der Waals surface area contributed by atoms with E-state index < -0.39 is 17.8 Å². The molecular formula is C20H23N3O3. The van der Waals surface area contributed by atoms with E-state index in [2.05, 4.69) is 34.7 Å². The fourth-order valence-corrected chi connectivity index (χ4v) is 4.63. The Morgan fingerprint density at radius 1 is 1.15 bits per heavy atom. The summed E-state index contributed by atoms with van der Waals surface area (Å²) in [5.41, 5.74) is 2.34. The number of carboxylic acid groups (broad SMARTS) is 1. The minimum Gasteiger partial charge on any atom is -0.481 e. The molecule has 2 bridgehead atoms. The first kappa shape index (κ1) is 16.8. The lowest BCUT2D eigenvalue weighted by Gasteiger charge is -2.26. The number of aryl methyl sites for hydroxylation is 1. The van der Waals surface area contributed by atoms with E-state index in [1.54, 1.807) is 10.7 Å². The minimum absolute atomic E-state index is 0.146. The van der Waals surface area contributed by atoms with Crippen LogP contribution in [0.5, 0.6) is 0 Å². The summed E-state index contributed by atoms with van der Waals surface area (Å²) < 4.78 is 1.77. The summed E-state index contributed by atoms with van der Waals surface area (Å²) in [6.45, 7) is 2.67. The van der Waals surface area contributed by atoms with Crippen molar-refractivity contribution in [3.8, 4) is 0 Å². The standard InChI is InChI=1S/C20H23N3O3/c1-12-2-4-13(5-3-12)11-23-9-8-16(22-23)21-19(24)17-14-6-7-15(10-14)18(17)20(25)26/h2-5,8-9,14-15,17-18H,6-7,10-11H2,1H3,(H,25,26)(H,21,22,24)/t14-,15+,17-,18+/m1/s1. The highest BCUT2D eigenvalue weighted by Gasteiger charge is 2.54. The average Bonchev–Trinajstić information content (AvgIpc) is 3.32. The normalized spacial score (nSPS) is 26.8. The molecule has 1 amide bonds. The van der Waals surface area contributed by atoms with Gasteiger partial charge in [-0.1, -0.05) is 29.8 Å². The number of carbonyl (C=O) groups is 2. The van der Waals surface area contributed by atoms with E-state index in [1.165, 1.54) is 5.56 Å². The van der Waals surface area contributed by atoms with Crippen LogP contribution in [0.1, 0.15) is 30.4 Å². The molecule has 0 spiro atoms. The molecule has 2 saturated carbocycles.